The van der Waals surface area contributed by atoms with Crippen molar-refractivity contribution in [3.8, 4) is 0 Å². The lowest BCUT2D eigenvalue weighted by atomic mass is 9.88. The standard InChI is InChI=1S/C20H21NO3/c22-19(21-13-7-12-17(14-21)20(23)24)18(15-8-3-1-4-9-15)16-10-5-2-6-11-16/h1-6,8-11,17-18H,7,12-14H2,(H,23,24)/t17-/m0/s1. The minimum Gasteiger partial charge on any atom is -0.481 e. The van der Waals surface area contributed by atoms with Crippen LogP contribution in [-0.2, 0) is 9.59 Å². The molecule has 1 fully saturated rings. The third-order valence-electron chi connectivity index (χ3n) is 4.60. The average molecular weight is 323 g/mol. The third-order valence-corrected chi connectivity index (χ3v) is 4.60. The van der Waals surface area contributed by atoms with E-state index in [0.717, 1.165) is 17.5 Å². The lowest BCUT2D eigenvalue weighted by Crippen LogP contribution is -2.44. The molecule has 1 aliphatic rings. The van der Waals surface area contributed by atoms with Crippen molar-refractivity contribution in [3.63, 3.8) is 0 Å². The van der Waals surface area contributed by atoms with Gasteiger partial charge in [0.15, 0.2) is 0 Å². The Kier molecular flexibility index (Phi) is 4.94. The number of amides is 1. The number of benzene rings is 2. The van der Waals surface area contributed by atoms with E-state index in [1.54, 1.807) is 4.90 Å². The van der Waals surface area contributed by atoms with Gasteiger partial charge in [-0.15, -0.1) is 0 Å². The first-order valence-electron chi connectivity index (χ1n) is 8.28. The maximum absolute atomic E-state index is 13.2. The Labute approximate surface area is 141 Å². The molecule has 1 heterocycles. The number of likely N-dealkylation sites (tertiary alicyclic amines) is 1. The molecule has 0 bridgehead atoms. The van der Waals surface area contributed by atoms with Crippen LogP contribution < -0.4 is 0 Å². The summed E-state index contributed by atoms with van der Waals surface area (Å²) in [6.07, 6.45) is 1.37. The molecule has 1 N–H and O–H groups in total. The van der Waals surface area contributed by atoms with Gasteiger partial charge in [-0.2, -0.15) is 0 Å². The summed E-state index contributed by atoms with van der Waals surface area (Å²) in [5, 5.41) is 9.27. The number of carbonyl (C=O) groups is 2. The number of carbonyl (C=O) groups excluding carboxylic acids is 1. The van der Waals surface area contributed by atoms with Crippen LogP contribution >= 0.6 is 0 Å². The highest BCUT2D eigenvalue weighted by Crippen LogP contribution is 2.29. The molecule has 3 rings (SSSR count). The Hall–Kier alpha value is -2.62. The molecule has 2 aromatic rings. The van der Waals surface area contributed by atoms with Crippen LogP contribution in [0.3, 0.4) is 0 Å². The van der Waals surface area contributed by atoms with Crippen molar-refractivity contribution < 1.29 is 14.7 Å². The van der Waals surface area contributed by atoms with Crippen molar-refractivity contribution in [1.29, 1.82) is 0 Å². The second-order valence-electron chi connectivity index (χ2n) is 6.22. The molecule has 1 aliphatic heterocycles. The Balaban J connectivity index is 1.91. The summed E-state index contributed by atoms with van der Waals surface area (Å²) in [5.41, 5.74) is 1.87. The van der Waals surface area contributed by atoms with Gasteiger partial charge in [-0.05, 0) is 24.0 Å². The molecule has 0 aliphatic carbocycles. The molecule has 1 amide bonds. The number of carboxylic acid groups (broad SMARTS) is 1. The van der Waals surface area contributed by atoms with Crippen LogP contribution in [0.25, 0.3) is 0 Å². The Morgan fingerprint density at radius 3 is 2.00 bits per heavy atom. The van der Waals surface area contributed by atoms with Crippen molar-refractivity contribution in [2.24, 2.45) is 5.92 Å². The van der Waals surface area contributed by atoms with Crippen LogP contribution in [0.4, 0.5) is 0 Å². The van der Waals surface area contributed by atoms with Crippen molar-refractivity contribution in [2.45, 2.75) is 18.8 Å². The van der Waals surface area contributed by atoms with Crippen molar-refractivity contribution in [1.82, 2.24) is 4.90 Å². The highest BCUT2D eigenvalue weighted by Gasteiger charge is 2.33. The first-order chi connectivity index (χ1) is 11.7. The van der Waals surface area contributed by atoms with E-state index in [4.69, 9.17) is 0 Å². The van der Waals surface area contributed by atoms with Crippen molar-refractivity contribution in [2.75, 3.05) is 13.1 Å². The summed E-state index contributed by atoms with van der Waals surface area (Å²) in [5.74, 6) is -1.68. The maximum atomic E-state index is 13.2. The molecule has 0 radical (unpaired) electrons. The summed E-state index contributed by atoms with van der Waals surface area (Å²) < 4.78 is 0. The molecule has 1 atom stereocenters. The van der Waals surface area contributed by atoms with Gasteiger partial charge in [0.2, 0.25) is 5.91 Å². The number of aliphatic carboxylic acids is 1. The second kappa shape index (κ2) is 7.30. The van der Waals surface area contributed by atoms with E-state index in [9.17, 15) is 14.7 Å². The molecule has 4 heteroatoms. The molecule has 24 heavy (non-hydrogen) atoms. The summed E-state index contributed by atoms with van der Waals surface area (Å²) in [7, 11) is 0. The molecule has 0 unspecified atom stereocenters. The molecule has 0 saturated carbocycles. The molecule has 0 spiro atoms. The third kappa shape index (κ3) is 3.48. The summed E-state index contributed by atoms with van der Waals surface area (Å²) in [4.78, 5) is 26.2. The van der Waals surface area contributed by atoms with Crippen molar-refractivity contribution in [3.05, 3.63) is 71.8 Å². The fourth-order valence-corrected chi connectivity index (χ4v) is 3.33. The second-order valence-corrected chi connectivity index (χ2v) is 6.22. The largest absolute Gasteiger partial charge is 0.481 e. The Bertz CT molecular complexity index is 660. The van der Waals surface area contributed by atoms with Crippen LogP contribution in [0.2, 0.25) is 0 Å². The van der Waals surface area contributed by atoms with Gasteiger partial charge in [0, 0.05) is 13.1 Å². The molecular formula is C20H21NO3. The summed E-state index contributed by atoms with van der Waals surface area (Å²) >= 11 is 0. The predicted molar refractivity (Wildman–Crippen MR) is 91.7 cm³/mol. The number of rotatable bonds is 4. The monoisotopic (exact) mass is 323 g/mol. The molecule has 4 nitrogen and oxygen atoms in total. The number of carboxylic acids is 1. The van der Waals surface area contributed by atoms with Gasteiger partial charge in [-0.1, -0.05) is 60.7 Å². The minimum absolute atomic E-state index is 0.0154. The fourth-order valence-electron chi connectivity index (χ4n) is 3.33. The van der Waals surface area contributed by atoms with E-state index < -0.39 is 11.9 Å². The lowest BCUT2D eigenvalue weighted by molar-refractivity contribution is -0.145. The van der Waals surface area contributed by atoms with Gasteiger partial charge >= 0.3 is 5.97 Å². The van der Waals surface area contributed by atoms with Crippen LogP contribution in [-0.4, -0.2) is 35.0 Å². The van der Waals surface area contributed by atoms with E-state index in [1.807, 2.05) is 60.7 Å². The number of hydrogen-bond donors (Lipinski definition) is 1. The zero-order chi connectivity index (χ0) is 16.9. The van der Waals surface area contributed by atoms with E-state index >= 15 is 0 Å². The van der Waals surface area contributed by atoms with Crippen LogP contribution in [0.5, 0.6) is 0 Å². The van der Waals surface area contributed by atoms with E-state index in [0.29, 0.717) is 19.5 Å². The summed E-state index contributed by atoms with van der Waals surface area (Å²) in [6.45, 7) is 0.920. The number of hydrogen-bond acceptors (Lipinski definition) is 2. The first kappa shape index (κ1) is 16.2. The van der Waals surface area contributed by atoms with E-state index in [2.05, 4.69) is 0 Å². The highest BCUT2D eigenvalue weighted by molar-refractivity contribution is 5.87. The van der Waals surface area contributed by atoms with Gasteiger partial charge in [-0.25, -0.2) is 0 Å². The minimum atomic E-state index is -0.816. The molecule has 1 saturated heterocycles. The topological polar surface area (TPSA) is 57.6 Å². The van der Waals surface area contributed by atoms with Gasteiger partial charge in [0.1, 0.15) is 0 Å². The quantitative estimate of drug-likeness (QED) is 0.940. The molecule has 2 aromatic carbocycles. The SMILES string of the molecule is O=C(O)[C@H]1CCCN(C(=O)C(c2ccccc2)c2ccccc2)C1. The molecular weight excluding hydrogens is 302 g/mol. The smallest absolute Gasteiger partial charge is 0.308 e. The van der Waals surface area contributed by atoms with Crippen LogP contribution in [0, 0.1) is 5.92 Å². The lowest BCUT2D eigenvalue weighted by Gasteiger charge is -2.33. The van der Waals surface area contributed by atoms with E-state index in [1.165, 1.54) is 0 Å². The first-order valence-corrected chi connectivity index (χ1v) is 8.28. The highest BCUT2D eigenvalue weighted by atomic mass is 16.4. The van der Waals surface area contributed by atoms with Gasteiger partial charge in [-0.3, -0.25) is 9.59 Å². The Morgan fingerprint density at radius 1 is 0.958 bits per heavy atom. The predicted octanol–water partition coefficient (Wildman–Crippen LogP) is 3.14. The van der Waals surface area contributed by atoms with Gasteiger partial charge in [0.05, 0.1) is 11.8 Å². The molecule has 0 aromatic heterocycles. The normalized spacial score (nSPS) is 17.7. The van der Waals surface area contributed by atoms with Crippen molar-refractivity contribution >= 4 is 11.9 Å². The average Bonchev–Trinajstić information content (AvgIpc) is 2.64. The van der Waals surface area contributed by atoms with Gasteiger partial charge < -0.3 is 10.0 Å². The number of piperidine rings is 1. The maximum Gasteiger partial charge on any atom is 0.308 e. The van der Waals surface area contributed by atoms with Crippen LogP contribution in [0.1, 0.15) is 29.9 Å². The van der Waals surface area contributed by atoms with Crippen LogP contribution in [0.15, 0.2) is 60.7 Å². The van der Waals surface area contributed by atoms with E-state index in [-0.39, 0.29) is 11.8 Å². The fraction of sp³-hybridized carbons (Fsp3) is 0.300. The van der Waals surface area contributed by atoms with Gasteiger partial charge in [0.25, 0.3) is 0 Å². The zero-order valence-electron chi connectivity index (χ0n) is 13.5. The Morgan fingerprint density at radius 2 is 1.50 bits per heavy atom. The summed E-state index contributed by atoms with van der Waals surface area (Å²) in [6, 6.07) is 19.4. The zero-order valence-corrected chi connectivity index (χ0v) is 13.5. The number of nitrogens with zero attached hydrogens (tertiary/aromatic N) is 1. The molecule has 124 valence electrons.